The largest absolute Gasteiger partial charge is 0.387 e. The van der Waals surface area contributed by atoms with E-state index in [0.29, 0.717) is 6.42 Å². The number of unbranched alkanes of at least 4 members (excludes halogenated alkanes) is 14. The highest BCUT2D eigenvalue weighted by Crippen LogP contribution is 2.12. The number of allylic oxidation sites excluding steroid dienone is 1. The molecule has 1 amide bonds. The Morgan fingerprint density at radius 1 is 0.812 bits per heavy atom. The Bertz CT molecular complexity index is 577. The SMILES string of the molecule is CCCCCC/C=C/C(O)C(CS(=O)(=O)O)NC(=O)CCCCCCCCCCCCC. The lowest BCUT2D eigenvalue weighted by Crippen LogP contribution is -2.46. The van der Waals surface area contributed by atoms with Crippen LogP contribution in [0.4, 0.5) is 0 Å². The predicted molar refractivity (Wildman–Crippen MR) is 133 cm³/mol. The third-order valence-electron chi connectivity index (χ3n) is 5.71. The first-order chi connectivity index (χ1) is 15.3. The number of rotatable bonds is 22. The van der Waals surface area contributed by atoms with Gasteiger partial charge in [0.1, 0.15) is 0 Å². The molecule has 190 valence electrons. The van der Waals surface area contributed by atoms with Gasteiger partial charge in [-0.1, -0.05) is 109 Å². The maximum atomic E-state index is 12.2. The summed E-state index contributed by atoms with van der Waals surface area (Å²) in [5.74, 6) is -0.983. The number of carbonyl (C=O) groups excluding carboxylic acids is 1. The van der Waals surface area contributed by atoms with E-state index in [2.05, 4.69) is 19.2 Å². The molecular weight excluding hydrogens is 426 g/mol. The Morgan fingerprint density at radius 3 is 1.78 bits per heavy atom. The average molecular weight is 476 g/mol. The fourth-order valence-corrected chi connectivity index (χ4v) is 4.47. The van der Waals surface area contributed by atoms with Crippen molar-refractivity contribution in [2.45, 2.75) is 135 Å². The lowest BCUT2D eigenvalue weighted by molar-refractivity contribution is -0.122. The second kappa shape index (κ2) is 20.7. The van der Waals surface area contributed by atoms with Gasteiger partial charge in [-0.05, 0) is 19.3 Å². The summed E-state index contributed by atoms with van der Waals surface area (Å²) >= 11 is 0. The molecule has 6 nitrogen and oxygen atoms in total. The van der Waals surface area contributed by atoms with Gasteiger partial charge in [-0.25, -0.2) is 0 Å². The van der Waals surface area contributed by atoms with Gasteiger partial charge in [-0.3, -0.25) is 9.35 Å². The van der Waals surface area contributed by atoms with E-state index in [-0.39, 0.29) is 5.91 Å². The number of nitrogens with one attached hydrogen (secondary N) is 1. The molecule has 7 heteroatoms. The first-order valence-corrected chi connectivity index (χ1v) is 14.5. The van der Waals surface area contributed by atoms with Crippen molar-refractivity contribution in [2.75, 3.05) is 5.75 Å². The van der Waals surface area contributed by atoms with Crippen LogP contribution in [0.3, 0.4) is 0 Å². The van der Waals surface area contributed by atoms with Crippen molar-refractivity contribution < 1.29 is 22.9 Å². The van der Waals surface area contributed by atoms with E-state index >= 15 is 0 Å². The zero-order chi connectivity index (χ0) is 24.1. The molecule has 0 saturated carbocycles. The summed E-state index contributed by atoms with van der Waals surface area (Å²) in [7, 11) is -4.31. The highest BCUT2D eigenvalue weighted by molar-refractivity contribution is 7.85. The number of aliphatic hydroxyl groups is 1. The Hall–Kier alpha value is -0.920. The van der Waals surface area contributed by atoms with Crippen LogP contribution >= 0.6 is 0 Å². The van der Waals surface area contributed by atoms with Gasteiger partial charge < -0.3 is 10.4 Å². The minimum Gasteiger partial charge on any atom is -0.387 e. The molecule has 0 aromatic rings. The lowest BCUT2D eigenvalue weighted by Gasteiger charge is -2.21. The van der Waals surface area contributed by atoms with E-state index in [1.54, 1.807) is 0 Å². The van der Waals surface area contributed by atoms with E-state index in [4.69, 9.17) is 0 Å². The second-order valence-corrected chi connectivity index (χ2v) is 10.5. The molecule has 0 aliphatic rings. The predicted octanol–water partition coefficient (Wildman–Crippen LogP) is 5.95. The van der Waals surface area contributed by atoms with Crippen molar-refractivity contribution >= 4 is 16.0 Å². The van der Waals surface area contributed by atoms with Crippen LogP contribution in [-0.2, 0) is 14.9 Å². The molecule has 0 spiro atoms. The molecule has 0 aromatic carbocycles. The first kappa shape index (κ1) is 31.1. The van der Waals surface area contributed by atoms with Crippen molar-refractivity contribution in [3.8, 4) is 0 Å². The van der Waals surface area contributed by atoms with Gasteiger partial charge in [-0.15, -0.1) is 0 Å². The fraction of sp³-hybridized carbons (Fsp3) is 0.880. The van der Waals surface area contributed by atoms with Gasteiger partial charge >= 0.3 is 0 Å². The van der Waals surface area contributed by atoms with Gasteiger partial charge in [-0.2, -0.15) is 8.42 Å². The first-order valence-electron chi connectivity index (χ1n) is 12.9. The van der Waals surface area contributed by atoms with Gasteiger partial charge in [0.05, 0.1) is 17.9 Å². The normalized spacial score (nSPS) is 14.0. The van der Waals surface area contributed by atoms with Crippen molar-refractivity contribution in [3.63, 3.8) is 0 Å². The Labute approximate surface area is 197 Å². The van der Waals surface area contributed by atoms with Crippen LogP contribution in [0.25, 0.3) is 0 Å². The third kappa shape index (κ3) is 21.0. The average Bonchev–Trinajstić information content (AvgIpc) is 2.73. The van der Waals surface area contributed by atoms with Gasteiger partial charge in [0.15, 0.2) is 0 Å². The van der Waals surface area contributed by atoms with Crippen molar-refractivity contribution in [2.24, 2.45) is 0 Å². The van der Waals surface area contributed by atoms with E-state index in [1.807, 2.05) is 6.08 Å². The van der Waals surface area contributed by atoms with Gasteiger partial charge in [0.2, 0.25) is 5.91 Å². The number of amides is 1. The topological polar surface area (TPSA) is 104 Å². The maximum Gasteiger partial charge on any atom is 0.267 e. The molecule has 0 saturated heterocycles. The van der Waals surface area contributed by atoms with Crippen molar-refractivity contribution in [3.05, 3.63) is 12.2 Å². The smallest absolute Gasteiger partial charge is 0.267 e. The summed E-state index contributed by atoms with van der Waals surface area (Å²) in [5, 5.41) is 12.9. The molecule has 0 aliphatic carbocycles. The Kier molecular flexibility index (Phi) is 20.1. The molecule has 0 radical (unpaired) electrons. The van der Waals surface area contributed by atoms with Crippen molar-refractivity contribution in [1.82, 2.24) is 5.32 Å². The van der Waals surface area contributed by atoms with Crippen LogP contribution in [0.2, 0.25) is 0 Å². The third-order valence-corrected chi connectivity index (χ3v) is 6.49. The van der Waals surface area contributed by atoms with E-state index in [9.17, 15) is 22.9 Å². The highest BCUT2D eigenvalue weighted by atomic mass is 32.2. The van der Waals surface area contributed by atoms with Gasteiger partial charge in [0, 0.05) is 6.42 Å². The number of carbonyl (C=O) groups is 1. The summed E-state index contributed by atoms with van der Waals surface area (Å²) < 4.78 is 31.8. The maximum absolute atomic E-state index is 12.2. The number of aliphatic hydroxyl groups excluding tert-OH is 1. The van der Waals surface area contributed by atoms with E-state index < -0.39 is 28.0 Å². The van der Waals surface area contributed by atoms with E-state index in [1.165, 1.54) is 57.4 Å². The van der Waals surface area contributed by atoms with E-state index in [0.717, 1.165) is 51.4 Å². The molecule has 0 bridgehead atoms. The molecule has 3 N–H and O–H groups in total. The summed E-state index contributed by atoms with van der Waals surface area (Å²) in [5.41, 5.74) is 0. The highest BCUT2D eigenvalue weighted by Gasteiger charge is 2.24. The van der Waals surface area contributed by atoms with Crippen LogP contribution in [0, 0.1) is 0 Å². The molecule has 2 atom stereocenters. The Morgan fingerprint density at radius 2 is 1.28 bits per heavy atom. The molecule has 0 aromatic heterocycles. The number of hydrogen-bond acceptors (Lipinski definition) is 4. The summed E-state index contributed by atoms with van der Waals surface area (Å²) in [6.07, 6.45) is 20.8. The molecule has 0 fully saturated rings. The lowest BCUT2D eigenvalue weighted by atomic mass is 10.0. The van der Waals surface area contributed by atoms with Crippen LogP contribution < -0.4 is 5.32 Å². The van der Waals surface area contributed by atoms with Crippen LogP contribution in [0.5, 0.6) is 0 Å². The van der Waals surface area contributed by atoms with Crippen LogP contribution in [0.15, 0.2) is 12.2 Å². The minimum absolute atomic E-state index is 0.287. The van der Waals surface area contributed by atoms with Crippen LogP contribution in [0.1, 0.15) is 123 Å². The molecule has 0 rings (SSSR count). The molecule has 32 heavy (non-hydrogen) atoms. The quantitative estimate of drug-likeness (QED) is 0.102. The molecule has 0 aliphatic heterocycles. The summed E-state index contributed by atoms with van der Waals surface area (Å²) in [6, 6.07) is -1.04. The summed E-state index contributed by atoms with van der Waals surface area (Å²) in [6.45, 7) is 4.36. The van der Waals surface area contributed by atoms with Crippen LogP contribution in [-0.4, -0.2) is 41.9 Å². The van der Waals surface area contributed by atoms with Gasteiger partial charge in [0.25, 0.3) is 10.1 Å². The minimum atomic E-state index is -4.31. The molecule has 2 unspecified atom stereocenters. The fourth-order valence-electron chi connectivity index (χ4n) is 3.74. The standard InChI is InChI=1S/C25H49NO5S/c1-3-5-7-9-11-12-13-14-15-17-19-21-25(28)26-23(22-32(29,30)31)24(27)20-18-16-10-8-6-4-2/h18,20,23-24,27H,3-17,19,21-22H2,1-2H3,(H,26,28)(H,29,30,31)/b20-18+. The van der Waals surface area contributed by atoms with Crippen molar-refractivity contribution in [1.29, 1.82) is 0 Å². The zero-order valence-electron chi connectivity index (χ0n) is 20.6. The Balaban J connectivity index is 4.13. The monoisotopic (exact) mass is 475 g/mol. The number of hydrogen-bond donors (Lipinski definition) is 3. The molecular formula is C25H49NO5S. The molecule has 0 heterocycles. The zero-order valence-corrected chi connectivity index (χ0v) is 21.4. The second-order valence-electron chi connectivity index (χ2n) is 8.98. The summed E-state index contributed by atoms with van der Waals surface area (Å²) in [4.78, 5) is 12.2.